The fraction of sp³-hybridized carbons (Fsp3) is 0.757. The lowest BCUT2D eigenvalue weighted by Crippen LogP contribution is -2.60. The molecule has 2 saturated heterocycles. The Balaban J connectivity index is 1.72. The SMILES string of the molecule is CC1(C)CC(OC(=O)c2cc(C(=O)OC3CC(C)(C)N(O)C(C)(C)C3)c(F)c(C(=O)OC3CC(C)(C)N(O)C(C)(C)C3)c2F)CC(C)(C)C1. The minimum Gasteiger partial charge on any atom is -0.459 e. The molecule has 0 spiro atoms. The van der Waals surface area contributed by atoms with Gasteiger partial charge in [0.1, 0.15) is 23.9 Å². The van der Waals surface area contributed by atoms with Gasteiger partial charge in [0.2, 0.25) is 0 Å². The van der Waals surface area contributed by atoms with E-state index in [1.165, 1.54) is 10.1 Å². The van der Waals surface area contributed by atoms with Gasteiger partial charge in [-0.05, 0) is 91.5 Å². The average molecular weight is 695 g/mol. The molecule has 2 heterocycles. The number of carbonyl (C=O) groups is 3. The molecule has 3 fully saturated rings. The molecule has 276 valence electrons. The molecule has 0 radical (unpaired) electrons. The van der Waals surface area contributed by atoms with E-state index in [0.717, 1.165) is 12.5 Å². The van der Waals surface area contributed by atoms with Crippen molar-refractivity contribution in [2.45, 2.75) is 168 Å². The zero-order valence-corrected chi connectivity index (χ0v) is 31.3. The second kappa shape index (κ2) is 12.8. The van der Waals surface area contributed by atoms with Crippen molar-refractivity contribution >= 4 is 17.9 Å². The number of rotatable bonds is 6. The molecular formula is C37H56F2N2O8. The van der Waals surface area contributed by atoms with Crippen LogP contribution in [-0.4, -0.2) is 78.9 Å². The molecule has 0 atom stereocenters. The van der Waals surface area contributed by atoms with E-state index in [1.807, 2.05) is 0 Å². The molecule has 4 rings (SSSR count). The fourth-order valence-corrected chi connectivity index (χ4v) is 9.11. The number of ether oxygens (including phenoxy) is 3. The van der Waals surface area contributed by atoms with Gasteiger partial charge in [-0.15, -0.1) is 0 Å². The van der Waals surface area contributed by atoms with Crippen LogP contribution in [0.3, 0.4) is 0 Å². The van der Waals surface area contributed by atoms with E-state index >= 15 is 8.78 Å². The molecule has 2 N–H and O–H groups in total. The first-order valence-corrected chi connectivity index (χ1v) is 17.2. The van der Waals surface area contributed by atoms with Gasteiger partial charge in [0.15, 0.2) is 11.6 Å². The normalized spacial score (nSPS) is 25.4. The molecule has 1 saturated carbocycles. The number of hydroxylamine groups is 4. The van der Waals surface area contributed by atoms with Crippen molar-refractivity contribution in [1.82, 2.24) is 10.1 Å². The molecule has 49 heavy (non-hydrogen) atoms. The van der Waals surface area contributed by atoms with E-state index in [-0.39, 0.29) is 36.5 Å². The average Bonchev–Trinajstić information content (AvgIpc) is 2.87. The Kier molecular flexibility index (Phi) is 10.2. The molecule has 2 aliphatic heterocycles. The second-order valence-corrected chi connectivity index (χ2v) is 18.7. The summed E-state index contributed by atoms with van der Waals surface area (Å²) < 4.78 is 49.8. The van der Waals surface area contributed by atoms with E-state index in [2.05, 4.69) is 27.7 Å². The Morgan fingerprint density at radius 1 is 0.571 bits per heavy atom. The number of nitrogens with zero attached hydrogens (tertiary/aromatic N) is 2. The molecule has 0 unspecified atom stereocenters. The van der Waals surface area contributed by atoms with E-state index in [0.29, 0.717) is 12.8 Å². The van der Waals surface area contributed by atoms with Gasteiger partial charge >= 0.3 is 17.9 Å². The van der Waals surface area contributed by atoms with Crippen LogP contribution in [0.15, 0.2) is 6.07 Å². The minimum absolute atomic E-state index is 0.154. The van der Waals surface area contributed by atoms with Gasteiger partial charge in [0, 0.05) is 47.8 Å². The van der Waals surface area contributed by atoms with Gasteiger partial charge in [0.25, 0.3) is 0 Å². The summed E-state index contributed by atoms with van der Waals surface area (Å²) in [5.74, 6) is -6.73. The minimum atomic E-state index is -1.51. The smallest absolute Gasteiger partial charge is 0.344 e. The van der Waals surface area contributed by atoms with Crippen LogP contribution < -0.4 is 0 Å². The zero-order chi connectivity index (χ0) is 37.3. The summed E-state index contributed by atoms with van der Waals surface area (Å²) in [7, 11) is 0. The summed E-state index contributed by atoms with van der Waals surface area (Å²) in [6.45, 7) is 22.3. The Hall–Kier alpha value is -2.67. The number of halogens is 2. The number of piperidine rings is 2. The third-order valence-corrected chi connectivity index (χ3v) is 10.4. The van der Waals surface area contributed by atoms with Crippen LogP contribution in [0.2, 0.25) is 0 Å². The number of benzene rings is 1. The van der Waals surface area contributed by atoms with Crippen molar-refractivity contribution < 1.29 is 47.8 Å². The zero-order valence-electron chi connectivity index (χ0n) is 31.3. The van der Waals surface area contributed by atoms with Crippen LogP contribution in [-0.2, 0) is 14.2 Å². The fourth-order valence-electron chi connectivity index (χ4n) is 9.11. The third-order valence-electron chi connectivity index (χ3n) is 10.4. The summed E-state index contributed by atoms with van der Waals surface area (Å²) in [5.41, 5.74) is -6.40. The number of hydrogen-bond donors (Lipinski definition) is 2. The Morgan fingerprint density at radius 2 is 0.857 bits per heavy atom. The van der Waals surface area contributed by atoms with Crippen LogP contribution >= 0.6 is 0 Å². The van der Waals surface area contributed by atoms with Gasteiger partial charge in [-0.1, -0.05) is 27.7 Å². The van der Waals surface area contributed by atoms with Gasteiger partial charge in [0.05, 0.1) is 11.1 Å². The molecule has 1 aromatic carbocycles. The molecule has 12 heteroatoms. The summed E-state index contributed by atoms with van der Waals surface area (Å²) in [5, 5.41) is 23.7. The molecule has 0 aromatic heterocycles. The predicted molar refractivity (Wildman–Crippen MR) is 177 cm³/mol. The summed E-state index contributed by atoms with van der Waals surface area (Å²) >= 11 is 0. The van der Waals surface area contributed by atoms with Gasteiger partial charge in [-0.2, -0.15) is 10.1 Å². The van der Waals surface area contributed by atoms with E-state index in [9.17, 15) is 24.8 Å². The molecule has 10 nitrogen and oxygen atoms in total. The topological polar surface area (TPSA) is 126 Å². The third kappa shape index (κ3) is 8.29. The van der Waals surface area contributed by atoms with Crippen LogP contribution in [0.4, 0.5) is 8.78 Å². The lowest BCUT2D eigenvalue weighted by atomic mass is 9.64. The van der Waals surface area contributed by atoms with E-state index in [1.54, 1.807) is 55.4 Å². The van der Waals surface area contributed by atoms with E-state index in [4.69, 9.17) is 14.2 Å². The highest BCUT2D eigenvalue weighted by atomic mass is 19.1. The predicted octanol–water partition coefficient (Wildman–Crippen LogP) is 7.86. The number of esters is 3. The Morgan fingerprint density at radius 3 is 1.18 bits per heavy atom. The largest absolute Gasteiger partial charge is 0.459 e. The monoisotopic (exact) mass is 694 g/mol. The number of carbonyl (C=O) groups excluding carboxylic acids is 3. The maximum absolute atomic E-state index is 16.3. The quantitative estimate of drug-likeness (QED) is 0.225. The Bertz CT molecular complexity index is 1430. The van der Waals surface area contributed by atoms with Crippen LogP contribution in [0.1, 0.15) is 159 Å². The molecular weight excluding hydrogens is 638 g/mol. The first kappa shape index (κ1) is 39.1. The first-order chi connectivity index (χ1) is 22.1. The standard InChI is InChI=1S/C37H56F2N2O8/c1-32(2)14-21(15-33(3,4)20-32)47-29(42)24-13-25(30(43)48-22-16-34(5,6)40(45)35(7,8)17-22)28(39)26(27(24)38)31(44)49-23-18-36(9,10)41(46)37(11,12)19-23/h13,21-23,45-46H,14-20H2,1-12H3. The van der Waals surface area contributed by atoms with Crippen LogP contribution in [0.5, 0.6) is 0 Å². The van der Waals surface area contributed by atoms with Gasteiger partial charge in [-0.3, -0.25) is 0 Å². The maximum atomic E-state index is 16.3. The highest BCUT2D eigenvalue weighted by molar-refractivity contribution is 6.01. The van der Waals surface area contributed by atoms with Crippen LogP contribution in [0.25, 0.3) is 0 Å². The lowest BCUT2D eigenvalue weighted by molar-refractivity contribution is -0.256. The summed E-state index contributed by atoms with van der Waals surface area (Å²) in [6, 6.07) is 0.749. The molecule has 0 bridgehead atoms. The lowest BCUT2D eigenvalue weighted by Gasteiger charge is -2.50. The summed E-state index contributed by atoms with van der Waals surface area (Å²) in [4.78, 5) is 41.0. The molecule has 1 aromatic rings. The highest BCUT2D eigenvalue weighted by Gasteiger charge is 2.49. The highest BCUT2D eigenvalue weighted by Crippen LogP contribution is 2.47. The summed E-state index contributed by atoms with van der Waals surface area (Å²) in [6.07, 6.45) is 0.432. The molecule has 0 amide bonds. The van der Waals surface area contributed by atoms with Crippen molar-refractivity contribution in [1.29, 1.82) is 0 Å². The molecule has 3 aliphatic rings. The Labute approximate surface area is 289 Å². The van der Waals surface area contributed by atoms with Gasteiger partial charge in [-0.25, -0.2) is 23.2 Å². The second-order valence-electron chi connectivity index (χ2n) is 18.7. The first-order valence-electron chi connectivity index (χ1n) is 17.2. The number of hydrogen-bond acceptors (Lipinski definition) is 10. The van der Waals surface area contributed by atoms with Crippen molar-refractivity contribution in [3.05, 3.63) is 34.4 Å². The maximum Gasteiger partial charge on any atom is 0.344 e. The van der Waals surface area contributed by atoms with E-state index < -0.39 is 86.7 Å². The molecule has 1 aliphatic carbocycles. The van der Waals surface area contributed by atoms with Gasteiger partial charge < -0.3 is 24.6 Å². The van der Waals surface area contributed by atoms with Crippen molar-refractivity contribution in [2.24, 2.45) is 10.8 Å². The van der Waals surface area contributed by atoms with Crippen molar-refractivity contribution in [3.8, 4) is 0 Å². The van der Waals surface area contributed by atoms with Crippen molar-refractivity contribution in [2.75, 3.05) is 0 Å². The van der Waals surface area contributed by atoms with Crippen molar-refractivity contribution in [3.63, 3.8) is 0 Å². The van der Waals surface area contributed by atoms with Crippen LogP contribution in [0, 0.1) is 22.5 Å².